The van der Waals surface area contributed by atoms with Crippen LogP contribution in [0.25, 0.3) is 0 Å². The maximum atomic E-state index is 14.1. The van der Waals surface area contributed by atoms with Gasteiger partial charge in [0.2, 0.25) is 0 Å². The first-order valence-electron chi connectivity index (χ1n) is 7.27. The van der Waals surface area contributed by atoms with Crippen molar-refractivity contribution in [3.05, 3.63) is 23.5 Å². The fourth-order valence-corrected chi connectivity index (χ4v) is 2.76. The summed E-state index contributed by atoms with van der Waals surface area (Å²) in [6, 6.07) is 2.77. The molecule has 120 valence electrons. The molecule has 0 radical (unpaired) electrons. The summed E-state index contributed by atoms with van der Waals surface area (Å²) in [6.45, 7) is 8.56. The zero-order valence-corrected chi connectivity index (χ0v) is 13.9. The Morgan fingerprint density at radius 2 is 1.67 bits per heavy atom. The Morgan fingerprint density at radius 1 is 1.14 bits per heavy atom. The first-order valence-corrected chi connectivity index (χ1v) is 7.27. The molecule has 0 heterocycles. The SMILES string of the molecule is COc1cc(F)c(C(O)CC(C)CC(C)(C)C)cc1OC. The van der Waals surface area contributed by atoms with Crippen LogP contribution in [0.4, 0.5) is 4.39 Å². The van der Waals surface area contributed by atoms with Gasteiger partial charge < -0.3 is 14.6 Å². The van der Waals surface area contributed by atoms with Crippen molar-refractivity contribution >= 4 is 0 Å². The topological polar surface area (TPSA) is 38.7 Å². The number of benzene rings is 1. The van der Waals surface area contributed by atoms with Crippen LogP contribution in [0.2, 0.25) is 0 Å². The van der Waals surface area contributed by atoms with E-state index in [0.717, 1.165) is 6.42 Å². The summed E-state index contributed by atoms with van der Waals surface area (Å²) in [5, 5.41) is 10.3. The molecule has 1 aromatic rings. The third-order valence-electron chi connectivity index (χ3n) is 3.45. The molecule has 21 heavy (non-hydrogen) atoms. The van der Waals surface area contributed by atoms with E-state index < -0.39 is 11.9 Å². The lowest BCUT2D eigenvalue weighted by molar-refractivity contribution is 0.130. The van der Waals surface area contributed by atoms with Crippen LogP contribution in [-0.2, 0) is 0 Å². The number of aliphatic hydroxyl groups excluding tert-OH is 1. The van der Waals surface area contributed by atoms with Gasteiger partial charge in [-0.3, -0.25) is 0 Å². The predicted molar refractivity (Wildman–Crippen MR) is 82.3 cm³/mol. The fourth-order valence-electron chi connectivity index (χ4n) is 2.76. The molecule has 2 atom stereocenters. The molecule has 1 N–H and O–H groups in total. The first-order chi connectivity index (χ1) is 9.67. The minimum atomic E-state index is -0.845. The number of rotatable bonds is 6. The molecule has 4 heteroatoms. The average molecular weight is 298 g/mol. The number of hydrogen-bond donors (Lipinski definition) is 1. The maximum Gasteiger partial charge on any atom is 0.163 e. The van der Waals surface area contributed by atoms with Crippen LogP contribution < -0.4 is 9.47 Å². The van der Waals surface area contributed by atoms with Gasteiger partial charge in [-0.2, -0.15) is 0 Å². The summed E-state index contributed by atoms with van der Waals surface area (Å²) >= 11 is 0. The van der Waals surface area contributed by atoms with Crippen LogP contribution in [0.15, 0.2) is 12.1 Å². The van der Waals surface area contributed by atoms with E-state index in [-0.39, 0.29) is 11.0 Å². The highest BCUT2D eigenvalue weighted by Gasteiger charge is 2.22. The number of methoxy groups -OCH3 is 2. The molecule has 3 nitrogen and oxygen atoms in total. The van der Waals surface area contributed by atoms with Gasteiger partial charge in [0.25, 0.3) is 0 Å². The third kappa shape index (κ3) is 5.20. The van der Waals surface area contributed by atoms with Crippen LogP contribution in [0, 0.1) is 17.2 Å². The predicted octanol–water partition coefficient (Wildman–Crippen LogP) is 4.34. The molecule has 2 unspecified atom stereocenters. The Morgan fingerprint density at radius 3 is 2.14 bits per heavy atom. The van der Waals surface area contributed by atoms with E-state index in [0.29, 0.717) is 23.8 Å². The lowest BCUT2D eigenvalue weighted by Crippen LogP contribution is -2.14. The third-order valence-corrected chi connectivity index (χ3v) is 3.45. The van der Waals surface area contributed by atoms with Crippen LogP contribution in [0.5, 0.6) is 11.5 Å². The molecule has 0 aliphatic heterocycles. The minimum Gasteiger partial charge on any atom is -0.493 e. The highest BCUT2D eigenvalue weighted by Crippen LogP contribution is 2.36. The Labute approximate surface area is 127 Å². The molecule has 0 saturated carbocycles. The second kappa shape index (κ2) is 7.12. The quantitative estimate of drug-likeness (QED) is 0.849. The van der Waals surface area contributed by atoms with Crippen molar-refractivity contribution in [2.24, 2.45) is 11.3 Å². The minimum absolute atomic E-state index is 0.190. The summed E-state index contributed by atoms with van der Waals surface area (Å²) < 4.78 is 24.3. The van der Waals surface area contributed by atoms with Crippen LogP contribution >= 0.6 is 0 Å². The van der Waals surface area contributed by atoms with Crippen molar-refractivity contribution in [1.29, 1.82) is 0 Å². The van der Waals surface area contributed by atoms with Crippen LogP contribution in [0.1, 0.15) is 52.2 Å². The molecule has 0 bridgehead atoms. The molecular weight excluding hydrogens is 271 g/mol. The highest BCUT2D eigenvalue weighted by molar-refractivity contribution is 5.44. The molecule has 0 fully saturated rings. The van der Waals surface area contributed by atoms with Gasteiger partial charge in [-0.15, -0.1) is 0 Å². The van der Waals surface area contributed by atoms with E-state index in [1.54, 1.807) is 0 Å². The van der Waals surface area contributed by atoms with Crippen LogP contribution in [0.3, 0.4) is 0 Å². The van der Waals surface area contributed by atoms with Gasteiger partial charge in [0.15, 0.2) is 11.5 Å². The van der Waals surface area contributed by atoms with E-state index in [2.05, 4.69) is 27.7 Å². The number of aliphatic hydroxyl groups is 1. The Bertz CT molecular complexity index is 466. The smallest absolute Gasteiger partial charge is 0.163 e. The van der Waals surface area contributed by atoms with Crippen molar-refractivity contribution in [2.45, 2.75) is 46.6 Å². The first kappa shape index (κ1) is 17.8. The number of ether oxygens (including phenoxy) is 2. The monoisotopic (exact) mass is 298 g/mol. The number of halogens is 1. The highest BCUT2D eigenvalue weighted by atomic mass is 19.1. The summed E-state index contributed by atoms with van der Waals surface area (Å²) in [7, 11) is 2.95. The largest absolute Gasteiger partial charge is 0.493 e. The molecule has 1 aromatic carbocycles. The standard InChI is InChI=1S/C17H27FO3/c1-11(10-17(2,3)4)7-14(19)12-8-15(20-5)16(21-6)9-13(12)18/h8-9,11,14,19H,7,10H2,1-6H3. The fraction of sp³-hybridized carbons (Fsp3) is 0.647. The lowest BCUT2D eigenvalue weighted by Gasteiger charge is -2.25. The second-order valence-electron chi connectivity index (χ2n) is 6.85. The maximum absolute atomic E-state index is 14.1. The van der Waals surface area contributed by atoms with Gasteiger partial charge >= 0.3 is 0 Å². The van der Waals surface area contributed by atoms with E-state index in [1.165, 1.54) is 26.4 Å². The van der Waals surface area contributed by atoms with Crippen molar-refractivity contribution in [3.63, 3.8) is 0 Å². The van der Waals surface area contributed by atoms with Gasteiger partial charge in [-0.05, 0) is 30.2 Å². The van der Waals surface area contributed by atoms with E-state index >= 15 is 0 Å². The van der Waals surface area contributed by atoms with Crippen LogP contribution in [-0.4, -0.2) is 19.3 Å². The Kier molecular flexibility index (Phi) is 6.02. The zero-order valence-electron chi connectivity index (χ0n) is 13.9. The van der Waals surface area contributed by atoms with Gasteiger partial charge in [-0.1, -0.05) is 27.7 Å². The van der Waals surface area contributed by atoms with Gasteiger partial charge in [0, 0.05) is 11.6 Å². The lowest BCUT2D eigenvalue weighted by atomic mass is 9.82. The Balaban J connectivity index is 2.89. The normalized spacial score (nSPS) is 14.7. The summed E-state index contributed by atoms with van der Waals surface area (Å²) in [5.74, 6) is 0.584. The van der Waals surface area contributed by atoms with E-state index in [4.69, 9.17) is 9.47 Å². The number of hydrogen-bond acceptors (Lipinski definition) is 3. The van der Waals surface area contributed by atoms with Gasteiger partial charge in [-0.25, -0.2) is 4.39 Å². The van der Waals surface area contributed by atoms with E-state index in [9.17, 15) is 9.50 Å². The molecular formula is C17H27FO3. The molecule has 0 amide bonds. The average Bonchev–Trinajstić information content (AvgIpc) is 2.35. The van der Waals surface area contributed by atoms with Crippen molar-refractivity contribution in [1.82, 2.24) is 0 Å². The van der Waals surface area contributed by atoms with Crippen molar-refractivity contribution in [3.8, 4) is 11.5 Å². The molecule has 0 aromatic heterocycles. The molecule has 0 aliphatic rings. The summed E-state index contributed by atoms with van der Waals surface area (Å²) in [5.41, 5.74) is 0.448. The van der Waals surface area contributed by atoms with Crippen molar-refractivity contribution in [2.75, 3.05) is 14.2 Å². The molecule has 0 saturated heterocycles. The molecule has 0 aliphatic carbocycles. The summed E-state index contributed by atoms with van der Waals surface area (Å²) in [4.78, 5) is 0. The Hall–Kier alpha value is -1.29. The molecule has 1 rings (SSSR count). The van der Waals surface area contributed by atoms with Gasteiger partial charge in [0.05, 0.1) is 20.3 Å². The van der Waals surface area contributed by atoms with Gasteiger partial charge in [0.1, 0.15) is 5.82 Å². The summed E-state index contributed by atoms with van der Waals surface area (Å²) in [6.07, 6.45) is 0.644. The molecule has 0 spiro atoms. The van der Waals surface area contributed by atoms with Crippen molar-refractivity contribution < 1.29 is 19.0 Å². The zero-order chi connectivity index (χ0) is 16.2. The second-order valence-corrected chi connectivity index (χ2v) is 6.85. The van der Waals surface area contributed by atoms with E-state index in [1.807, 2.05) is 0 Å².